The van der Waals surface area contributed by atoms with E-state index in [1.54, 1.807) is 31.4 Å². The van der Waals surface area contributed by atoms with Gasteiger partial charge in [0.05, 0.1) is 27.0 Å². The average Bonchev–Trinajstić information content (AvgIpc) is 3.11. The molecule has 124 valence electrons. The maximum absolute atomic E-state index is 12.2. The lowest BCUT2D eigenvalue weighted by atomic mass is 10.1. The number of hydrogen-bond donors (Lipinski definition) is 1. The number of nitrogens with zero attached hydrogens (tertiary/aromatic N) is 1. The first kappa shape index (κ1) is 17.2. The van der Waals surface area contributed by atoms with Gasteiger partial charge in [-0.05, 0) is 42.8 Å². The van der Waals surface area contributed by atoms with Crippen molar-refractivity contribution < 1.29 is 18.7 Å². The van der Waals surface area contributed by atoms with Crippen molar-refractivity contribution in [2.24, 2.45) is 0 Å². The number of benzene rings is 1. The zero-order valence-corrected chi connectivity index (χ0v) is 13.8. The van der Waals surface area contributed by atoms with Gasteiger partial charge in [0, 0.05) is 5.56 Å². The van der Waals surface area contributed by atoms with E-state index in [2.05, 4.69) is 5.32 Å². The van der Waals surface area contributed by atoms with Gasteiger partial charge in [0.1, 0.15) is 28.9 Å². The van der Waals surface area contributed by atoms with Gasteiger partial charge in [-0.15, -0.1) is 0 Å². The molecule has 0 fully saturated rings. The molecule has 1 aromatic heterocycles. The predicted molar refractivity (Wildman–Crippen MR) is 88.4 cm³/mol. The minimum Gasteiger partial charge on any atom is -0.496 e. The molecular formula is C18H18N2O4. The number of ether oxygens (including phenoxy) is 2. The zero-order chi connectivity index (χ0) is 17.5. The summed E-state index contributed by atoms with van der Waals surface area (Å²) in [5.74, 6) is 1.32. The van der Waals surface area contributed by atoms with Crippen LogP contribution in [0.3, 0.4) is 0 Å². The van der Waals surface area contributed by atoms with Gasteiger partial charge in [-0.25, -0.2) is 0 Å². The summed E-state index contributed by atoms with van der Waals surface area (Å²) in [6.45, 7) is 2.09. The average molecular weight is 326 g/mol. The molecule has 24 heavy (non-hydrogen) atoms. The molecule has 0 unspecified atom stereocenters. The summed E-state index contributed by atoms with van der Waals surface area (Å²) in [6, 6.07) is 8.89. The molecule has 1 amide bonds. The summed E-state index contributed by atoms with van der Waals surface area (Å²) in [7, 11) is 3.09. The molecule has 1 heterocycles. The van der Waals surface area contributed by atoms with E-state index < -0.39 is 5.91 Å². The molecule has 1 aromatic carbocycles. The Balaban J connectivity index is 2.26. The highest BCUT2D eigenvalue weighted by atomic mass is 16.5. The number of nitrogens with one attached hydrogen (secondary N) is 1. The van der Waals surface area contributed by atoms with E-state index in [0.717, 1.165) is 5.56 Å². The van der Waals surface area contributed by atoms with Gasteiger partial charge in [0.25, 0.3) is 5.91 Å². The Morgan fingerprint density at radius 1 is 1.33 bits per heavy atom. The number of furan rings is 1. The number of rotatable bonds is 6. The lowest BCUT2D eigenvalue weighted by Gasteiger charge is -2.11. The molecule has 6 nitrogen and oxygen atoms in total. The maximum atomic E-state index is 12.2. The van der Waals surface area contributed by atoms with Gasteiger partial charge < -0.3 is 19.2 Å². The lowest BCUT2D eigenvalue weighted by molar-refractivity contribution is -0.117. The zero-order valence-electron chi connectivity index (χ0n) is 13.8. The van der Waals surface area contributed by atoms with E-state index in [9.17, 15) is 10.1 Å². The van der Waals surface area contributed by atoms with Crippen LogP contribution >= 0.6 is 0 Å². The van der Waals surface area contributed by atoms with Crippen molar-refractivity contribution in [3.8, 4) is 17.6 Å². The Morgan fingerprint density at radius 2 is 2.08 bits per heavy atom. The molecule has 0 saturated carbocycles. The third-order valence-corrected chi connectivity index (χ3v) is 3.42. The summed E-state index contributed by atoms with van der Waals surface area (Å²) >= 11 is 0. The van der Waals surface area contributed by atoms with Gasteiger partial charge in [-0.1, -0.05) is 0 Å². The van der Waals surface area contributed by atoms with E-state index in [1.165, 1.54) is 19.4 Å². The first-order valence-corrected chi connectivity index (χ1v) is 7.24. The van der Waals surface area contributed by atoms with Gasteiger partial charge in [0.2, 0.25) is 0 Å². The van der Waals surface area contributed by atoms with Gasteiger partial charge >= 0.3 is 0 Å². The second-order valence-corrected chi connectivity index (χ2v) is 5.00. The first-order valence-electron chi connectivity index (χ1n) is 7.24. The molecule has 0 bridgehead atoms. The van der Waals surface area contributed by atoms with Crippen molar-refractivity contribution in [1.29, 1.82) is 5.26 Å². The molecule has 0 saturated heterocycles. The Labute approximate surface area is 140 Å². The SMILES string of the molecule is COc1cc(/C=C(\C#N)C(=O)NCc2ccco2)c(OC)cc1C. The number of carbonyl (C=O) groups excluding carboxylic acids is 1. The molecule has 0 spiro atoms. The summed E-state index contributed by atoms with van der Waals surface area (Å²) in [6.07, 6.45) is 2.99. The Hall–Kier alpha value is -3.20. The fraction of sp³-hybridized carbons (Fsp3) is 0.222. The smallest absolute Gasteiger partial charge is 0.262 e. The van der Waals surface area contributed by atoms with Gasteiger partial charge in [-0.2, -0.15) is 5.26 Å². The molecule has 2 aromatic rings. The topological polar surface area (TPSA) is 84.5 Å². The highest BCUT2D eigenvalue weighted by Gasteiger charge is 2.13. The van der Waals surface area contributed by atoms with Crippen molar-refractivity contribution in [2.75, 3.05) is 14.2 Å². The van der Waals surface area contributed by atoms with Crippen LogP contribution in [0.1, 0.15) is 16.9 Å². The largest absolute Gasteiger partial charge is 0.496 e. The van der Waals surface area contributed by atoms with Crippen molar-refractivity contribution in [2.45, 2.75) is 13.5 Å². The number of amides is 1. The fourth-order valence-corrected chi connectivity index (χ4v) is 2.17. The molecule has 0 radical (unpaired) electrons. The molecule has 0 atom stereocenters. The Kier molecular flexibility index (Phi) is 5.63. The van der Waals surface area contributed by atoms with E-state index in [1.807, 2.05) is 13.0 Å². The Bertz CT molecular complexity index is 786. The normalized spacial score (nSPS) is 10.8. The van der Waals surface area contributed by atoms with Gasteiger partial charge in [0.15, 0.2) is 0 Å². The summed E-state index contributed by atoms with van der Waals surface area (Å²) in [4.78, 5) is 12.2. The first-order chi connectivity index (χ1) is 11.6. The number of aryl methyl sites for hydroxylation is 1. The lowest BCUT2D eigenvalue weighted by Crippen LogP contribution is -2.23. The van der Waals surface area contributed by atoms with Crippen LogP contribution in [0.4, 0.5) is 0 Å². The second-order valence-electron chi connectivity index (χ2n) is 5.00. The highest BCUT2D eigenvalue weighted by Crippen LogP contribution is 2.29. The van der Waals surface area contributed by atoms with E-state index in [-0.39, 0.29) is 12.1 Å². The van der Waals surface area contributed by atoms with Crippen LogP contribution in [0.15, 0.2) is 40.5 Å². The predicted octanol–water partition coefficient (Wildman–Crippen LogP) is 2.83. The van der Waals surface area contributed by atoms with Crippen molar-refractivity contribution in [3.63, 3.8) is 0 Å². The van der Waals surface area contributed by atoms with Crippen LogP contribution in [0, 0.1) is 18.3 Å². The van der Waals surface area contributed by atoms with Crippen molar-refractivity contribution in [3.05, 3.63) is 53.0 Å². The van der Waals surface area contributed by atoms with Crippen molar-refractivity contribution >= 4 is 12.0 Å². The van der Waals surface area contributed by atoms with Crippen LogP contribution in [0.25, 0.3) is 6.08 Å². The molecule has 0 aliphatic carbocycles. The quantitative estimate of drug-likeness (QED) is 0.652. The maximum Gasteiger partial charge on any atom is 0.262 e. The van der Waals surface area contributed by atoms with E-state index >= 15 is 0 Å². The summed E-state index contributed by atoms with van der Waals surface area (Å²) in [5.41, 5.74) is 1.45. The Morgan fingerprint density at radius 3 is 2.67 bits per heavy atom. The highest BCUT2D eigenvalue weighted by molar-refractivity contribution is 6.02. The molecule has 6 heteroatoms. The van der Waals surface area contributed by atoms with Crippen LogP contribution in [0.5, 0.6) is 11.5 Å². The van der Waals surface area contributed by atoms with Gasteiger partial charge in [-0.3, -0.25) is 4.79 Å². The summed E-state index contributed by atoms with van der Waals surface area (Å²) in [5, 5.41) is 11.9. The molecule has 0 aliphatic heterocycles. The standard InChI is InChI=1S/C18H18N2O4/c1-12-7-17(23-3)13(9-16(12)22-2)8-14(10-19)18(21)20-11-15-5-4-6-24-15/h4-9H,11H2,1-3H3,(H,20,21)/b14-8+. The summed E-state index contributed by atoms with van der Waals surface area (Å²) < 4.78 is 15.7. The number of methoxy groups -OCH3 is 2. The number of carbonyl (C=O) groups is 1. The van der Waals surface area contributed by atoms with E-state index in [0.29, 0.717) is 22.8 Å². The molecular weight excluding hydrogens is 308 g/mol. The number of nitriles is 1. The third-order valence-electron chi connectivity index (χ3n) is 3.42. The minimum absolute atomic E-state index is 0.0363. The molecule has 0 aliphatic rings. The monoisotopic (exact) mass is 326 g/mol. The second kappa shape index (κ2) is 7.88. The molecule has 1 N–H and O–H groups in total. The number of hydrogen-bond acceptors (Lipinski definition) is 5. The van der Waals surface area contributed by atoms with Crippen LogP contribution in [0.2, 0.25) is 0 Å². The fourth-order valence-electron chi connectivity index (χ4n) is 2.17. The third kappa shape index (κ3) is 3.96. The molecule has 2 rings (SSSR count). The van der Waals surface area contributed by atoms with Crippen LogP contribution in [-0.2, 0) is 11.3 Å². The van der Waals surface area contributed by atoms with E-state index in [4.69, 9.17) is 13.9 Å². The van der Waals surface area contributed by atoms with Crippen molar-refractivity contribution in [1.82, 2.24) is 5.32 Å². The van der Waals surface area contributed by atoms with Crippen LogP contribution in [-0.4, -0.2) is 20.1 Å². The van der Waals surface area contributed by atoms with Crippen LogP contribution < -0.4 is 14.8 Å². The minimum atomic E-state index is -0.490.